The molecule has 0 aromatic heterocycles. The minimum Gasteiger partial charge on any atom is -0.341 e. The molecular formula is C17H32N2O. The third-order valence-electron chi connectivity index (χ3n) is 4.64. The first kappa shape index (κ1) is 15.8. The number of rotatable bonds is 3. The maximum atomic E-state index is 12.9. The summed E-state index contributed by atoms with van der Waals surface area (Å²) in [5, 5.41) is 3.63. The van der Waals surface area contributed by atoms with Crippen LogP contribution in [0.5, 0.6) is 0 Å². The lowest BCUT2D eigenvalue weighted by molar-refractivity contribution is -0.136. The van der Waals surface area contributed by atoms with Gasteiger partial charge in [-0.05, 0) is 58.8 Å². The number of piperidine rings is 1. The predicted octanol–water partition coefficient (Wildman–Crippen LogP) is 3.34. The van der Waals surface area contributed by atoms with Gasteiger partial charge in [0.2, 0.25) is 5.91 Å². The maximum Gasteiger partial charge on any atom is 0.240 e. The lowest BCUT2D eigenvalue weighted by atomic mass is 9.82. The van der Waals surface area contributed by atoms with Gasteiger partial charge < -0.3 is 10.2 Å². The Bertz CT molecular complexity index is 309. The zero-order chi connectivity index (χ0) is 14.6. The lowest BCUT2D eigenvalue weighted by Gasteiger charge is -2.39. The molecule has 2 aliphatic rings. The average Bonchev–Trinajstić information content (AvgIpc) is 2.45. The molecule has 0 spiro atoms. The Balaban J connectivity index is 2.05. The molecule has 3 nitrogen and oxygen atoms in total. The van der Waals surface area contributed by atoms with E-state index in [4.69, 9.17) is 0 Å². The Morgan fingerprint density at radius 3 is 2.10 bits per heavy atom. The number of nitrogens with zero attached hydrogens (tertiary/aromatic N) is 1. The van der Waals surface area contributed by atoms with Crippen LogP contribution in [0.15, 0.2) is 0 Å². The number of carbonyl (C=O) groups excluding carboxylic acids is 1. The Morgan fingerprint density at radius 2 is 1.55 bits per heavy atom. The van der Waals surface area contributed by atoms with Crippen molar-refractivity contribution < 1.29 is 4.79 Å². The molecule has 2 fully saturated rings. The van der Waals surface area contributed by atoms with Crippen LogP contribution in [0.25, 0.3) is 0 Å². The van der Waals surface area contributed by atoms with E-state index in [-0.39, 0.29) is 11.6 Å². The molecule has 1 saturated heterocycles. The predicted molar refractivity (Wildman–Crippen MR) is 83.7 cm³/mol. The second-order valence-corrected chi connectivity index (χ2v) is 7.66. The zero-order valence-corrected chi connectivity index (χ0v) is 13.6. The van der Waals surface area contributed by atoms with E-state index in [9.17, 15) is 4.79 Å². The van der Waals surface area contributed by atoms with Crippen molar-refractivity contribution in [3.63, 3.8) is 0 Å². The average molecular weight is 280 g/mol. The SMILES string of the molecule is CC(C)(C)N[C@H](C(=O)N1CCCCC1)C1CCCCC1. The molecule has 1 saturated carbocycles. The lowest BCUT2D eigenvalue weighted by Crippen LogP contribution is -2.57. The summed E-state index contributed by atoms with van der Waals surface area (Å²) in [6.45, 7) is 8.45. The molecule has 0 unspecified atom stereocenters. The molecule has 1 aliphatic carbocycles. The van der Waals surface area contributed by atoms with Gasteiger partial charge in [0.25, 0.3) is 0 Å². The van der Waals surface area contributed by atoms with Gasteiger partial charge in [-0.15, -0.1) is 0 Å². The molecule has 20 heavy (non-hydrogen) atoms. The van der Waals surface area contributed by atoms with Crippen LogP contribution < -0.4 is 5.32 Å². The van der Waals surface area contributed by atoms with Crippen LogP contribution in [-0.2, 0) is 4.79 Å². The normalized spacial score (nSPS) is 23.6. The van der Waals surface area contributed by atoms with Gasteiger partial charge >= 0.3 is 0 Å². The highest BCUT2D eigenvalue weighted by atomic mass is 16.2. The van der Waals surface area contributed by atoms with E-state index in [0.717, 1.165) is 13.1 Å². The van der Waals surface area contributed by atoms with Crippen molar-refractivity contribution in [1.29, 1.82) is 0 Å². The number of carbonyl (C=O) groups is 1. The van der Waals surface area contributed by atoms with Crippen molar-refractivity contribution in [2.45, 2.75) is 83.7 Å². The maximum absolute atomic E-state index is 12.9. The standard InChI is InChI=1S/C17H32N2O/c1-17(2,3)18-15(14-10-6-4-7-11-14)16(20)19-12-8-5-9-13-19/h14-15,18H,4-13H2,1-3H3/t15-/m0/s1. The molecule has 1 aliphatic heterocycles. The first-order valence-electron chi connectivity index (χ1n) is 8.54. The van der Waals surface area contributed by atoms with E-state index in [2.05, 4.69) is 31.0 Å². The first-order valence-corrected chi connectivity index (χ1v) is 8.54. The molecule has 0 radical (unpaired) electrons. The molecule has 1 heterocycles. The summed E-state index contributed by atoms with van der Waals surface area (Å²) in [5.74, 6) is 0.906. The van der Waals surface area contributed by atoms with Crippen molar-refractivity contribution in [2.75, 3.05) is 13.1 Å². The Hall–Kier alpha value is -0.570. The Labute approximate surface area is 124 Å². The Kier molecular flexibility index (Phi) is 5.48. The van der Waals surface area contributed by atoms with Crippen LogP contribution in [0.1, 0.15) is 72.1 Å². The molecule has 1 atom stereocenters. The first-order chi connectivity index (χ1) is 9.47. The molecule has 2 rings (SSSR count). The summed E-state index contributed by atoms with van der Waals surface area (Å²) >= 11 is 0. The number of hydrogen-bond donors (Lipinski definition) is 1. The molecule has 3 heteroatoms. The largest absolute Gasteiger partial charge is 0.341 e. The number of hydrogen-bond acceptors (Lipinski definition) is 2. The second-order valence-electron chi connectivity index (χ2n) is 7.66. The highest BCUT2D eigenvalue weighted by Gasteiger charge is 2.35. The van der Waals surface area contributed by atoms with Gasteiger partial charge in [-0.1, -0.05) is 19.3 Å². The molecular weight excluding hydrogens is 248 g/mol. The fraction of sp³-hybridized carbons (Fsp3) is 0.941. The fourth-order valence-corrected chi connectivity index (χ4v) is 3.63. The minimum absolute atomic E-state index is 0.00750. The van der Waals surface area contributed by atoms with Crippen LogP contribution in [0.4, 0.5) is 0 Å². The monoisotopic (exact) mass is 280 g/mol. The topological polar surface area (TPSA) is 32.3 Å². The molecule has 0 aromatic carbocycles. The van der Waals surface area contributed by atoms with Crippen LogP contribution in [0.3, 0.4) is 0 Å². The van der Waals surface area contributed by atoms with E-state index >= 15 is 0 Å². The van der Waals surface area contributed by atoms with E-state index < -0.39 is 0 Å². The highest BCUT2D eigenvalue weighted by Crippen LogP contribution is 2.29. The van der Waals surface area contributed by atoms with E-state index in [1.165, 1.54) is 51.4 Å². The van der Waals surface area contributed by atoms with Crippen molar-refractivity contribution in [3.05, 3.63) is 0 Å². The van der Waals surface area contributed by atoms with Gasteiger partial charge in [0.1, 0.15) is 0 Å². The third kappa shape index (κ3) is 4.47. The summed E-state index contributed by atoms with van der Waals surface area (Å²) in [4.78, 5) is 15.1. The van der Waals surface area contributed by atoms with Crippen molar-refractivity contribution >= 4 is 5.91 Å². The van der Waals surface area contributed by atoms with E-state index in [1.54, 1.807) is 0 Å². The van der Waals surface area contributed by atoms with Gasteiger partial charge in [0.15, 0.2) is 0 Å². The van der Waals surface area contributed by atoms with Crippen LogP contribution in [0.2, 0.25) is 0 Å². The molecule has 0 bridgehead atoms. The van der Waals surface area contributed by atoms with Crippen LogP contribution >= 0.6 is 0 Å². The van der Waals surface area contributed by atoms with E-state index in [1.807, 2.05) is 0 Å². The number of amides is 1. The van der Waals surface area contributed by atoms with Crippen molar-refractivity contribution in [2.24, 2.45) is 5.92 Å². The third-order valence-corrected chi connectivity index (χ3v) is 4.64. The Morgan fingerprint density at radius 1 is 1.00 bits per heavy atom. The summed E-state index contributed by atoms with van der Waals surface area (Å²) < 4.78 is 0. The summed E-state index contributed by atoms with van der Waals surface area (Å²) in [7, 11) is 0. The number of likely N-dealkylation sites (tertiary alicyclic amines) is 1. The summed E-state index contributed by atoms with van der Waals surface area (Å²) in [6, 6.07) is 0.0356. The minimum atomic E-state index is 0.00750. The molecule has 0 aromatic rings. The summed E-state index contributed by atoms with van der Waals surface area (Å²) in [6.07, 6.45) is 10.00. The zero-order valence-electron chi connectivity index (χ0n) is 13.6. The molecule has 116 valence electrons. The second kappa shape index (κ2) is 6.93. The fourth-order valence-electron chi connectivity index (χ4n) is 3.63. The molecule has 1 amide bonds. The van der Waals surface area contributed by atoms with Crippen LogP contribution in [0, 0.1) is 5.92 Å². The molecule has 1 N–H and O–H groups in total. The highest BCUT2D eigenvalue weighted by molar-refractivity contribution is 5.82. The van der Waals surface area contributed by atoms with Gasteiger partial charge in [-0.2, -0.15) is 0 Å². The van der Waals surface area contributed by atoms with Crippen LogP contribution in [-0.4, -0.2) is 35.5 Å². The number of nitrogens with one attached hydrogen (secondary N) is 1. The smallest absolute Gasteiger partial charge is 0.240 e. The van der Waals surface area contributed by atoms with E-state index in [0.29, 0.717) is 11.8 Å². The van der Waals surface area contributed by atoms with Gasteiger partial charge in [-0.3, -0.25) is 4.79 Å². The van der Waals surface area contributed by atoms with Gasteiger partial charge in [-0.25, -0.2) is 0 Å². The van der Waals surface area contributed by atoms with Crippen molar-refractivity contribution in [3.8, 4) is 0 Å². The summed E-state index contributed by atoms with van der Waals surface area (Å²) in [5.41, 5.74) is 0.00750. The quantitative estimate of drug-likeness (QED) is 0.860. The van der Waals surface area contributed by atoms with Gasteiger partial charge in [0.05, 0.1) is 6.04 Å². The van der Waals surface area contributed by atoms with Gasteiger partial charge in [0, 0.05) is 18.6 Å². The van der Waals surface area contributed by atoms with Crippen molar-refractivity contribution in [1.82, 2.24) is 10.2 Å².